The molecule has 2 atom stereocenters. The lowest BCUT2D eigenvalue weighted by Crippen LogP contribution is -2.44. The number of nitrogens with one attached hydrogen (secondary N) is 1. The molecule has 5 nitrogen and oxygen atoms in total. The Hall–Kier alpha value is -2.18. The molecule has 1 fully saturated rings. The molecular weight excluding hydrogens is 372 g/mol. The molecule has 1 amide bonds. The molecule has 6 heteroatoms. The van der Waals surface area contributed by atoms with Crippen molar-refractivity contribution in [2.24, 2.45) is 5.92 Å². The average Bonchev–Trinajstić information content (AvgIpc) is 2.72. The van der Waals surface area contributed by atoms with E-state index in [-0.39, 0.29) is 10.8 Å². The van der Waals surface area contributed by atoms with Gasteiger partial charge in [-0.3, -0.25) is 4.79 Å². The van der Waals surface area contributed by atoms with Crippen molar-refractivity contribution in [2.45, 2.75) is 44.0 Å². The topological polar surface area (TPSA) is 66.5 Å². The fourth-order valence-electron chi connectivity index (χ4n) is 3.62. The fraction of sp³-hybridized carbons (Fsp3) is 0.409. The maximum atomic E-state index is 13.1. The third kappa shape index (κ3) is 4.80. The predicted molar refractivity (Wildman–Crippen MR) is 110 cm³/mol. The van der Waals surface area contributed by atoms with E-state index in [1.807, 2.05) is 49.1 Å². The Morgan fingerprint density at radius 2 is 1.57 bits per heavy atom. The summed E-state index contributed by atoms with van der Waals surface area (Å²) in [6, 6.07) is 15.4. The molecule has 150 valence electrons. The number of aryl methyl sites for hydroxylation is 1. The number of hydrogen-bond acceptors (Lipinski definition) is 3. The number of piperidine rings is 1. The van der Waals surface area contributed by atoms with Crippen LogP contribution in [0.2, 0.25) is 0 Å². The van der Waals surface area contributed by atoms with E-state index in [0.29, 0.717) is 0 Å². The van der Waals surface area contributed by atoms with Gasteiger partial charge < -0.3 is 4.90 Å². The van der Waals surface area contributed by atoms with E-state index in [1.54, 1.807) is 24.3 Å². The maximum absolute atomic E-state index is 13.1. The Morgan fingerprint density at radius 3 is 2.18 bits per heavy atom. The largest absolute Gasteiger partial charge is 0.342 e. The summed E-state index contributed by atoms with van der Waals surface area (Å²) in [7, 11) is -3.75. The molecule has 0 bridgehead atoms. The highest BCUT2D eigenvalue weighted by Gasteiger charge is 2.33. The number of likely N-dealkylation sites (tertiary alicyclic amines) is 1. The number of benzene rings is 2. The predicted octanol–water partition coefficient (Wildman–Crippen LogP) is 3.66. The molecule has 1 aliphatic heterocycles. The van der Waals surface area contributed by atoms with Crippen LogP contribution in [0.4, 0.5) is 0 Å². The van der Waals surface area contributed by atoms with Crippen LogP contribution in [-0.4, -0.2) is 32.3 Å². The van der Waals surface area contributed by atoms with Gasteiger partial charge in [0.25, 0.3) is 0 Å². The number of rotatable bonds is 6. The van der Waals surface area contributed by atoms with Crippen LogP contribution in [-0.2, 0) is 14.8 Å². The molecule has 1 heterocycles. The number of carbonyl (C=O) groups is 1. The zero-order valence-electron chi connectivity index (χ0n) is 16.5. The van der Waals surface area contributed by atoms with E-state index in [2.05, 4.69) is 4.72 Å². The average molecular weight is 401 g/mol. The summed E-state index contributed by atoms with van der Waals surface area (Å²) < 4.78 is 28.8. The molecule has 3 rings (SSSR count). The van der Waals surface area contributed by atoms with Crippen LogP contribution in [0, 0.1) is 12.8 Å². The normalized spacial score (nSPS) is 17.1. The molecule has 1 saturated heterocycles. The Kier molecular flexibility index (Phi) is 6.52. The Labute approximate surface area is 167 Å². The summed E-state index contributed by atoms with van der Waals surface area (Å²) in [5, 5.41) is 0. The second-order valence-electron chi connectivity index (χ2n) is 7.50. The van der Waals surface area contributed by atoms with Crippen LogP contribution >= 0.6 is 0 Å². The van der Waals surface area contributed by atoms with Crippen molar-refractivity contribution in [3.05, 3.63) is 65.7 Å². The van der Waals surface area contributed by atoms with E-state index in [1.165, 1.54) is 0 Å². The van der Waals surface area contributed by atoms with Gasteiger partial charge in [0.1, 0.15) is 0 Å². The summed E-state index contributed by atoms with van der Waals surface area (Å²) >= 11 is 0. The smallest absolute Gasteiger partial charge is 0.241 e. The molecule has 1 N–H and O–H groups in total. The minimum Gasteiger partial charge on any atom is -0.342 e. The first kappa shape index (κ1) is 20.6. The number of hydrogen-bond donors (Lipinski definition) is 1. The van der Waals surface area contributed by atoms with E-state index >= 15 is 0 Å². The van der Waals surface area contributed by atoms with Gasteiger partial charge >= 0.3 is 0 Å². The van der Waals surface area contributed by atoms with Gasteiger partial charge in [-0.15, -0.1) is 0 Å². The zero-order chi connectivity index (χ0) is 20.1. The first-order chi connectivity index (χ1) is 13.4. The molecule has 0 aromatic heterocycles. The van der Waals surface area contributed by atoms with Gasteiger partial charge in [0.05, 0.1) is 16.9 Å². The molecule has 1 aliphatic rings. The second-order valence-corrected chi connectivity index (χ2v) is 9.21. The van der Waals surface area contributed by atoms with Gasteiger partial charge in [0, 0.05) is 13.1 Å². The maximum Gasteiger partial charge on any atom is 0.241 e. The van der Waals surface area contributed by atoms with Crippen molar-refractivity contribution < 1.29 is 13.2 Å². The molecule has 2 aromatic carbocycles. The van der Waals surface area contributed by atoms with Crippen molar-refractivity contribution in [1.29, 1.82) is 0 Å². The van der Waals surface area contributed by atoms with Gasteiger partial charge in [-0.1, -0.05) is 55.0 Å². The van der Waals surface area contributed by atoms with Crippen molar-refractivity contribution >= 4 is 15.9 Å². The summed E-state index contributed by atoms with van der Waals surface area (Å²) in [5.74, 6) is -0.499. The Bertz CT molecular complexity index is 889. The van der Waals surface area contributed by atoms with Crippen LogP contribution in [0.25, 0.3) is 0 Å². The number of sulfonamides is 1. The molecule has 0 unspecified atom stereocenters. The van der Waals surface area contributed by atoms with Gasteiger partial charge in [-0.05, 0) is 43.9 Å². The summed E-state index contributed by atoms with van der Waals surface area (Å²) in [6.07, 6.45) is 3.15. The Balaban J connectivity index is 1.89. The monoisotopic (exact) mass is 400 g/mol. The van der Waals surface area contributed by atoms with Crippen LogP contribution in [0.1, 0.15) is 43.4 Å². The zero-order valence-corrected chi connectivity index (χ0v) is 17.3. The van der Waals surface area contributed by atoms with Gasteiger partial charge in [0.2, 0.25) is 15.9 Å². The molecule has 0 spiro atoms. The summed E-state index contributed by atoms with van der Waals surface area (Å²) in [5.41, 5.74) is 1.78. The summed E-state index contributed by atoms with van der Waals surface area (Å²) in [4.78, 5) is 15.1. The van der Waals surface area contributed by atoms with Gasteiger partial charge in [0.15, 0.2) is 0 Å². The van der Waals surface area contributed by atoms with Crippen molar-refractivity contribution in [3.8, 4) is 0 Å². The van der Waals surface area contributed by atoms with E-state index in [0.717, 1.165) is 43.5 Å². The van der Waals surface area contributed by atoms with Gasteiger partial charge in [-0.25, -0.2) is 13.1 Å². The minimum absolute atomic E-state index is 0.000147. The lowest BCUT2D eigenvalue weighted by atomic mass is 9.93. The van der Waals surface area contributed by atoms with E-state index in [4.69, 9.17) is 0 Å². The molecule has 0 saturated carbocycles. The summed E-state index contributed by atoms with van der Waals surface area (Å²) in [6.45, 7) is 5.22. The molecular formula is C22H28N2O3S. The standard InChI is InChI=1S/C22H28N2O3S/c1-17-11-13-20(14-12-17)28(26,27)23-21(19-9-5-3-6-10-19)18(2)22(25)24-15-7-4-8-16-24/h3,5-6,9-14,18,21,23H,4,7-8,15-16H2,1-2H3/t18-,21+/m1/s1. The minimum atomic E-state index is -3.75. The third-order valence-corrected chi connectivity index (χ3v) is 6.79. The highest BCUT2D eigenvalue weighted by atomic mass is 32.2. The van der Waals surface area contributed by atoms with Crippen LogP contribution in [0.3, 0.4) is 0 Å². The molecule has 0 radical (unpaired) electrons. The van der Waals surface area contributed by atoms with E-state index in [9.17, 15) is 13.2 Å². The lowest BCUT2D eigenvalue weighted by molar-refractivity contribution is -0.136. The van der Waals surface area contributed by atoms with Crippen LogP contribution in [0.5, 0.6) is 0 Å². The Morgan fingerprint density at radius 1 is 0.964 bits per heavy atom. The fourth-order valence-corrected chi connectivity index (χ4v) is 4.92. The van der Waals surface area contributed by atoms with E-state index < -0.39 is 22.0 Å². The van der Waals surface area contributed by atoms with Crippen LogP contribution < -0.4 is 4.72 Å². The van der Waals surface area contributed by atoms with Crippen molar-refractivity contribution in [1.82, 2.24) is 9.62 Å². The second kappa shape index (κ2) is 8.88. The highest BCUT2D eigenvalue weighted by molar-refractivity contribution is 7.89. The van der Waals surface area contributed by atoms with Gasteiger partial charge in [-0.2, -0.15) is 0 Å². The molecule has 0 aliphatic carbocycles. The lowest BCUT2D eigenvalue weighted by Gasteiger charge is -2.32. The van der Waals surface area contributed by atoms with Crippen molar-refractivity contribution in [2.75, 3.05) is 13.1 Å². The van der Waals surface area contributed by atoms with Crippen LogP contribution in [0.15, 0.2) is 59.5 Å². The molecule has 2 aromatic rings. The first-order valence-corrected chi connectivity index (χ1v) is 11.3. The molecule has 28 heavy (non-hydrogen) atoms. The highest BCUT2D eigenvalue weighted by Crippen LogP contribution is 2.27. The SMILES string of the molecule is Cc1ccc(S(=O)(=O)N[C@H](c2ccccc2)[C@@H](C)C(=O)N2CCCCC2)cc1. The quantitative estimate of drug-likeness (QED) is 0.805. The number of amides is 1. The number of nitrogens with zero attached hydrogens (tertiary/aromatic N) is 1. The number of carbonyl (C=O) groups excluding carboxylic acids is 1. The third-order valence-electron chi connectivity index (χ3n) is 5.33. The van der Waals surface area contributed by atoms with Crippen molar-refractivity contribution in [3.63, 3.8) is 0 Å². The first-order valence-electron chi connectivity index (χ1n) is 9.81.